The van der Waals surface area contributed by atoms with Gasteiger partial charge < -0.3 is 15.6 Å². The molecule has 0 fully saturated rings. The lowest BCUT2D eigenvalue weighted by atomic mass is 10.2. The van der Waals surface area contributed by atoms with Crippen LogP contribution in [0, 0.1) is 5.82 Å². The van der Waals surface area contributed by atoms with Crippen LogP contribution in [0.3, 0.4) is 0 Å². The lowest BCUT2D eigenvalue weighted by Crippen LogP contribution is -2.14. The van der Waals surface area contributed by atoms with E-state index >= 15 is 0 Å². The van der Waals surface area contributed by atoms with E-state index in [4.69, 9.17) is 5.73 Å². The van der Waals surface area contributed by atoms with Crippen LogP contribution < -0.4 is 11.1 Å². The van der Waals surface area contributed by atoms with E-state index in [1.807, 2.05) is 0 Å². The van der Waals surface area contributed by atoms with Crippen molar-refractivity contribution in [3.05, 3.63) is 42.0 Å². The Morgan fingerprint density at radius 3 is 2.88 bits per heavy atom. The maximum atomic E-state index is 13.3. The summed E-state index contributed by atoms with van der Waals surface area (Å²) >= 11 is 0. The predicted molar refractivity (Wildman–Crippen MR) is 55.3 cm³/mol. The number of aromatic nitrogens is 1. The molecule has 82 valence electrons. The summed E-state index contributed by atoms with van der Waals surface area (Å²) in [5.41, 5.74) is 5.67. The fourth-order valence-electron chi connectivity index (χ4n) is 1.18. The number of hydrogen-bond donors (Lipinski definition) is 2. The molecule has 1 amide bonds. The van der Waals surface area contributed by atoms with Gasteiger partial charge in [-0.25, -0.2) is 4.39 Å². The summed E-state index contributed by atoms with van der Waals surface area (Å²) < 4.78 is 17.8. The van der Waals surface area contributed by atoms with Gasteiger partial charge in [0.15, 0.2) is 5.69 Å². The molecule has 0 aliphatic rings. The Morgan fingerprint density at radius 2 is 2.25 bits per heavy atom. The van der Waals surface area contributed by atoms with Crippen LogP contribution in [-0.2, 0) is 0 Å². The highest BCUT2D eigenvalue weighted by Crippen LogP contribution is 2.22. The van der Waals surface area contributed by atoms with Gasteiger partial charge in [0.25, 0.3) is 5.91 Å². The highest BCUT2D eigenvalue weighted by molar-refractivity contribution is 6.04. The number of amides is 1. The van der Waals surface area contributed by atoms with Crippen molar-refractivity contribution in [2.45, 2.75) is 0 Å². The lowest BCUT2D eigenvalue weighted by molar-refractivity contribution is 0.101. The highest BCUT2D eigenvalue weighted by Gasteiger charge is 2.13. The van der Waals surface area contributed by atoms with Gasteiger partial charge in [-0.3, -0.25) is 4.79 Å². The zero-order chi connectivity index (χ0) is 11.5. The number of nitrogens with one attached hydrogen (secondary N) is 1. The number of carbonyl (C=O) groups excluding carboxylic acids is 1. The van der Waals surface area contributed by atoms with Crippen LogP contribution in [0.25, 0.3) is 0 Å². The molecule has 0 radical (unpaired) electrons. The molecule has 0 unspecified atom stereocenters. The molecule has 1 heterocycles. The maximum absolute atomic E-state index is 13.3. The van der Waals surface area contributed by atoms with Gasteiger partial charge in [0.1, 0.15) is 17.8 Å². The standard InChI is InChI=1S/C10H8FN3O2/c11-6-2-1-3-7(12)9(6)13-10(15)8-4-5-16-14-8/h1-5H,12H2,(H,13,15). The number of anilines is 2. The Labute approximate surface area is 90.0 Å². The Hall–Kier alpha value is -2.37. The number of halogens is 1. The maximum Gasteiger partial charge on any atom is 0.277 e. The molecule has 0 saturated heterocycles. The van der Waals surface area contributed by atoms with E-state index in [0.717, 1.165) is 0 Å². The molecule has 0 spiro atoms. The van der Waals surface area contributed by atoms with Crippen molar-refractivity contribution in [2.75, 3.05) is 11.1 Å². The minimum absolute atomic E-state index is 0.0580. The van der Waals surface area contributed by atoms with Crippen molar-refractivity contribution in [1.82, 2.24) is 5.16 Å². The van der Waals surface area contributed by atoms with Crippen LogP contribution in [0.1, 0.15) is 10.5 Å². The molecular formula is C10H8FN3O2. The van der Waals surface area contributed by atoms with Gasteiger partial charge in [-0.15, -0.1) is 0 Å². The molecule has 5 nitrogen and oxygen atoms in total. The number of rotatable bonds is 2. The monoisotopic (exact) mass is 221 g/mol. The van der Waals surface area contributed by atoms with Gasteiger partial charge in [0.05, 0.1) is 5.69 Å². The number of benzene rings is 1. The highest BCUT2D eigenvalue weighted by atomic mass is 19.1. The van der Waals surface area contributed by atoms with Gasteiger partial charge in [-0.05, 0) is 12.1 Å². The molecule has 1 aromatic carbocycles. The molecule has 6 heteroatoms. The zero-order valence-corrected chi connectivity index (χ0v) is 8.11. The predicted octanol–water partition coefficient (Wildman–Crippen LogP) is 1.65. The molecule has 2 rings (SSSR count). The minimum Gasteiger partial charge on any atom is -0.397 e. The Balaban J connectivity index is 2.25. The van der Waals surface area contributed by atoms with Crippen molar-refractivity contribution in [3.8, 4) is 0 Å². The van der Waals surface area contributed by atoms with Gasteiger partial charge in [0, 0.05) is 6.07 Å². The third-order valence-electron chi connectivity index (χ3n) is 1.95. The second kappa shape index (κ2) is 4.01. The summed E-state index contributed by atoms with van der Waals surface area (Å²) in [6.45, 7) is 0. The fourth-order valence-corrected chi connectivity index (χ4v) is 1.18. The van der Waals surface area contributed by atoms with E-state index in [1.54, 1.807) is 0 Å². The van der Waals surface area contributed by atoms with Crippen molar-refractivity contribution < 1.29 is 13.7 Å². The van der Waals surface area contributed by atoms with Crippen molar-refractivity contribution in [3.63, 3.8) is 0 Å². The van der Waals surface area contributed by atoms with Crippen LogP contribution in [0.5, 0.6) is 0 Å². The van der Waals surface area contributed by atoms with Crippen LogP contribution >= 0.6 is 0 Å². The van der Waals surface area contributed by atoms with E-state index in [1.165, 1.54) is 30.5 Å². The smallest absolute Gasteiger partial charge is 0.277 e. The van der Waals surface area contributed by atoms with Crippen LogP contribution in [-0.4, -0.2) is 11.1 Å². The first-order valence-electron chi connectivity index (χ1n) is 4.44. The molecule has 0 bridgehead atoms. The Kier molecular flexibility index (Phi) is 2.55. The second-order valence-corrected chi connectivity index (χ2v) is 3.04. The Bertz CT molecular complexity index is 491. The normalized spacial score (nSPS) is 10.1. The average molecular weight is 221 g/mol. The average Bonchev–Trinajstić information content (AvgIpc) is 2.76. The number of nitrogens with two attached hydrogens (primary N) is 1. The molecule has 0 aliphatic carbocycles. The quantitative estimate of drug-likeness (QED) is 0.755. The third kappa shape index (κ3) is 1.85. The van der Waals surface area contributed by atoms with E-state index in [2.05, 4.69) is 15.0 Å². The minimum atomic E-state index is -0.600. The fraction of sp³-hybridized carbons (Fsp3) is 0. The van der Waals surface area contributed by atoms with Gasteiger partial charge in [-0.2, -0.15) is 0 Å². The van der Waals surface area contributed by atoms with Gasteiger partial charge >= 0.3 is 0 Å². The molecule has 16 heavy (non-hydrogen) atoms. The molecule has 0 aliphatic heterocycles. The number of carbonyl (C=O) groups is 1. The first-order chi connectivity index (χ1) is 7.68. The molecular weight excluding hydrogens is 213 g/mol. The first-order valence-corrected chi connectivity index (χ1v) is 4.44. The van der Waals surface area contributed by atoms with Gasteiger partial charge in [-0.1, -0.05) is 11.2 Å². The zero-order valence-electron chi connectivity index (χ0n) is 8.11. The van der Waals surface area contributed by atoms with Crippen molar-refractivity contribution >= 4 is 17.3 Å². The molecule has 3 N–H and O–H groups in total. The van der Waals surface area contributed by atoms with Gasteiger partial charge in [0.2, 0.25) is 0 Å². The summed E-state index contributed by atoms with van der Waals surface area (Å²) in [6, 6.07) is 5.51. The lowest BCUT2D eigenvalue weighted by Gasteiger charge is -2.07. The molecule has 2 aromatic rings. The number of nitrogen functional groups attached to an aromatic ring is 1. The second-order valence-electron chi connectivity index (χ2n) is 3.04. The summed E-state index contributed by atoms with van der Waals surface area (Å²) in [4.78, 5) is 11.5. The van der Waals surface area contributed by atoms with E-state index in [0.29, 0.717) is 0 Å². The van der Waals surface area contributed by atoms with Crippen LogP contribution in [0.2, 0.25) is 0 Å². The molecule has 0 saturated carbocycles. The molecule has 0 atom stereocenters. The van der Waals surface area contributed by atoms with E-state index < -0.39 is 11.7 Å². The van der Waals surface area contributed by atoms with Crippen LogP contribution in [0.15, 0.2) is 35.1 Å². The Morgan fingerprint density at radius 1 is 1.44 bits per heavy atom. The summed E-state index contributed by atoms with van der Waals surface area (Å²) in [7, 11) is 0. The van der Waals surface area contributed by atoms with Crippen molar-refractivity contribution in [1.29, 1.82) is 0 Å². The summed E-state index contributed by atoms with van der Waals surface area (Å²) in [6.07, 6.45) is 1.25. The third-order valence-corrected chi connectivity index (χ3v) is 1.95. The summed E-state index contributed by atoms with van der Waals surface area (Å²) in [5.74, 6) is -1.18. The summed E-state index contributed by atoms with van der Waals surface area (Å²) in [5, 5.41) is 5.74. The SMILES string of the molecule is Nc1cccc(F)c1NC(=O)c1ccon1. The number of nitrogens with zero attached hydrogens (tertiary/aromatic N) is 1. The first kappa shape index (κ1) is 10.2. The van der Waals surface area contributed by atoms with Crippen molar-refractivity contribution in [2.24, 2.45) is 0 Å². The molecule has 1 aromatic heterocycles. The van der Waals surface area contributed by atoms with Crippen LogP contribution in [0.4, 0.5) is 15.8 Å². The topological polar surface area (TPSA) is 81.1 Å². The largest absolute Gasteiger partial charge is 0.397 e. The van der Waals surface area contributed by atoms with E-state index in [9.17, 15) is 9.18 Å². The van der Waals surface area contributed by atoms with E-state index in [-0.39, 0.29) is 17.1 Å². The number of hydrogen-bond acceptors (Lipinski definition) is 4. The number of para-hydroxylation sites is 1.